The molecule has 210 valence electrons. The van der Waals surface area contributed by atoms with E-state index in [9.17, 15) is 0 Å². The fourth-order valence-electron chi connectivity index (χ4n) is 6.75. The third-order valence-corrected chi connectivity index (χ3v) is 44.8. The van der Waals surface area contributed by atoms with E-state index in [4.69, 9.17) is 8.85 Å². The SMILES string of the molecule is CC(C)(C)[Si](C)([Si]1O[C@@H](c2ccccc2)[Si]([Si](C)(C(C)(C)C)C(C)(C)C)[C@H](c2ccccc2)O1)C(C)(C)C. The van der Waals surface area contributed by atoms with Gasteiger partial charge in [-0.1, -0.05) is 157 Å². The Morgan fingerprint density at radius 1 is 0.500 bits per heavy atom. The van der Waals surface area contributed by atoms with Crippen molar-refractivity contribution in [1.29, 1.82) is 0 Å². The molecule has 0 aliphatic carbocycles. The van der Waals surface area contributed by atoms with Crippen molar-refractivity contribution < 1.29 is 8.85 Å². The van der Waals surface area contributed by atoms with Crippen molar-refractivity contribution in [1.82, 2.24) is 0 Å². The number of benzene rings is 2. The second kappa shape index (κ2) is 10.6. The molecule has 0 aromatic heterocycles. The molecule has 0 spiro atoms. The highest BCUT2D eigenvalue weighted by molar-refractivity contribution is 7.37. The zero-order valence-electron chi connectivity index (χ0n) is 26.7. The first-order chi connectivity index (χ1) is 17.2. The molecule has 0 saturated carbocycles. The van der Waals surface area contributed by atoms with Gasteiger partial charge in [-0.15, -0.1) is 0 Å². The van der Waals surface area contributed by atoms with Gasteiger partial charge in [0, 0.05) is 0 Å². The first-order valence-electron chi connectivity index (χ1n) is 14.4. The lowest BCUT2D eigenvalue weighted by molar-refractivity contribution is 0.135. The van der Waals surface area contributed by atoms with Gasteiger partial charge in [0.05, 0.1) is 19.0 Å². The van der Waals surface area contributed by atoms with Crippen molar-refractivity contribution in [3.05, 3.63) is 71.8 Å². The minimum absolute atomic E-state index is 0.126. The zero-order valence-corrected chi connectivity index (χ0v) is 30.7. The molecule has 3 rings (SSSR count). The van der Waals surface area contributed by atoms with Crippen molar-refractivity contribution in [2.24, 2.45) is 0 Å². The molecule has 2 aromatic rings. The average Bonchev–Trinajstić information content (AvgIpc) is 2.80. The number of hydrogen-bond donors (Lipinski definition) is 0. The summed E-state index contributed by atoms with van der Waals surface area (Å²) in [4.78, 5) is 0. The van der Waals surface area contributed by atoms with Crippen LogP contribution < -0.4 is 0 Å². The van der Waals surface area contributed by atoms with E-state index in [1.54, 1.807) is 0 Å². The first kappa shape index (κ1) is 31.8. The van der Waals surface area contributed by atoms with E-state index >= 15 is 0 Å². The molecule has 0 amide bonds. The largest absolute Gasteiger partial charge is 0.392 e. The summed E-state index contributed by atoms with van der Waals surface area (Å²) in [6.45, 7) is 34.9. The second-order valence-electron chi connectivity index (χ2n) is 15.8. The van der Waals surface area contributed by atoms with Crippen molar-refractivity contribution >= 4 is 32.3 Å². The molecule has 2 aromatic carbocycles. The molecule has 2 nitrogen and oxygen atoms in total. The molecule has 0 bridgehead atoms. The predicted octanol–water partition coefficient (Wildman–Crippen LogP) is 10.1. The lowest BCUT2D eigenvalue weighted by atomic mass is 10.2. The summed E-state index contributed by atoms with van der Waals surface area (Å²) in [6, 6.07) is 22.4. The van der Waals surface area contributed by atoms with E-state index in [0.717, 1.165) is 0 Å². The molecule has 6 heteroatoms. The van der Waals surface area contributed by atoms with Gasteiger partial charge in [0.1, 0.15) is 15.9 Å². The minimum Gasteiger partial charge on any atom is -0.392 e. The van der Waals surface area contributed by atoms with Crippen molar-refractivity contribution in [2.45, 2.75) is 128 Å². The lowest BCUT2D eigenvalue weighted by Gasteiger charge is -2.61. The predicted molar refractivity (Wildman–Crippen MR) is 174 cm³/mol. The van der Waals surface area contributed by atoms with Gasteiger partial charge in [0.15, 0.2) is 0 Å². The van der Waals surface area contributed by atoms with Crippen LogP contribution in [0.25, 0.3) is 0 Å². The molecule has 0 unspecified atom stereocenters. The van der Waals surface area contributed by atoms with Crippen LogP contribution in [0.1, 0.15) is 106 Å². The van der Waals surface area contributed by atoms with Crippen molar-refractivity contribution in [2.75, 3.05) is 0 Å². The molecule has 38 heavy (non-hydrogen) atoms. The van der Waals surface area contributed by atoms with Crippen LogP contribution in [0, 0.1) is 0 Å². The van der Waals surface area contributed by atoms with Crippen molar-refractivity contribution in [3.8, 4) is 0 Å². The van der Waals surface area contributed by atoms with Gasteiger partial charge in [-0.3, -0.25) is 0 Å². The van der Waals surface area contributed by atoms with Crippen LogP contribution in [0.15, 0.2) is 60.7 Å². The van der Waals surface area contributed by atoms with Gasteiger partial charge in [-0.05, 0) is 31.3 Å². The Morgan fingerprint density at radius 3 is 1.05 bits per heavy atom. The van der Waals surface area contributed by atoms with Crippen LogP contribution >= 0.6 is 0 Å². The number of rotatable bonds is 4. The smallest absolute Gasteiger partial charge is 0.360 e. The fourth-order valence-corrected chi connectivity index (χ4v) is 36.4. The highest BCUT2D eigenvalue weighted by Gasteiger charge is 2.67. The Balaban J connectivity index is 2.39. The maximum Gasteiger partial charge on any atom is 0.360 e. The topological polar surface area (TPSA) is 18.5 Å². The summed E-state index contributed by atoms with van der Waals surface area (Å²) in [5.74, 6) is 0. The quantitative estimate of drug-likeness (QED) is 0.334. The van der Waals surface area contributed by atoms with E-state index in [2.05, 4.69) is 157 Å². The van der Waals surface area contributed by atoms with Gasteiger partial charge in [-0.25, -0.2) is 0 Å². The second-order valence-corrected chi connectivity index (χ2v) is 38.3. The molecule has 1 saturated heterocycles. The van der Waals surface area contributed by atoms with E-state index < -0.39 is 32.3 Å². The summed E-state index contributed by atoms with van der Waals surface area (Å²) in [7, 11) is -6.94. The maximum atomic E-state index is 7.61. The molecular formula is C32H54O2Si4. The van der Waals surface area contributed by atoms with E-state index in [1.807, 2.05) is 0 Å². The average molecular weight is 583 g/mol. The van der Waals surface area contributed by atoms with Crippen LogP contribution in [0.5, 0.6) is 0 Å². The molecule has 1 fully saturated rings. The molecule has 1 aliphatic rings. The molecular weight excluding hydrogens is 529 g/mol. The van der Waals surface area contributed by atoms with Gasteiger partial charge in [0.2, 0.25) is 0 Å². The third kappa shape index (κ3) is 5.42. The molecule has 2 radical (unpaired) electrons. The number of hydrogen-bond acceptors (Lipinski definition) is 2. The van der Waals surface area contributed by atoms with E-state index in [1.165, 1.54) is 11.1 Å². The summed E-state index contributed by atoms with van der Waals surface area (Å²) in [6.07, 6.45) is 0. The first-order valence-corrected chi connectivity index (χ1v) is 24.3. The molecule has 2 atom stereocenters. The van der Waals surface area contributed by atoms with Gasteiger partial charge >= 0.3 is 8.80 Å². The normalized spacial score (nSPS) is 21.5. The van der Waals surface area contributed by atoms with E-state index in [-0.39, 0.29) is 31.6 Å². The minimum atomic E-state index is -2.09. The Labute approximate surface area is 240 Å². The third-order valence-electron chi connectivity index (χ3n) is 10.2. The van der Waals surface area contributed by atoms with Gasteiger partial charge in [-0.2, -0.15) is 0 Å². The molecule has 0 N–H and O–H groups in total. The summed E-state index contributed by atoms with van der Waals surface area (Å²) < 4.78 is 15.2. The zero-order chi connectivity index (χ0) is 28.9. The lowest BCUT2D eigenvalue weighted by Crippen LogP contribution is -2.73. The molecule has 1 aliphatic heterocycles. The maximum absolute atomic E-state index is 7.61. The summed E-state index contributed by atoms with van der Waals surface area (Å²) >= 11 is 0. The summed E-state index contributed by atoms with van der Waals surface area (Å²) in [5.41, 5.74) is 2.97. The van der Waals surface area contributed by atoms with Crippen LogP contribution in [-0.2, 0) is 8.85 Å². The summed E-state index contributed by atoms with van der Waals surface area (Å²) in [5, 5.41) is 0.707. The van der Waals surface area contributed by atoms with Crippen LogP contribution in [0.4, 0.5) is 0 Å². The Morgan fingerprint density at radius 2 is 0.789 bits per heavy atom. The Bertz CT molecular complexity index is 982. The van der Waals surface area contributed by atoms with Crippen LogP contribution in [0.2, 0.25) is 33.2 Å². The van der Waals surface area contributed by atoms with Crippen LogP contribution in [-0.4, -0.2) is 32.3 Å². The highest BCUT2D eigenvalue weighted by atomic mass is 29.3. The highest BCUT2D eigenvalue weighted by Crippen LogP contribution is 2.60. The van der Waals surface area contributed by atoms with Gasteiger partial charge < -0.3 is 8.85 Å². The van der Waals surface area contributed by atoms with E-state index in [0.29, 0.717) is 0 Å². The van der Waals surface area contributed by atoms with Gasteiger partial charge in [0.25, 0.3) is 0 Å². The standard InChI is InChI=1S/C32H54O2Si4/c1-29(2,3)37(13,30(4,5)6)35-27(25-21-17-15-18-22-25)33-36(34-28(35)26-23-19-16-20-24-26)38(14,31(7,8)9)32(10,11)12/h15-24,27-28H,1-14H3/t27-,28-/m1/s1. The Hall–Kier alpha value is -0.772. The fraction of sp³-hybridized carbons (Fsp3) is 0.625. The molecule has 1 heterocycles. The monoisotopic (exact) mass is 582 g/mol. The van der Waals surface area contributed by atoms with Crippen molar-refractivity contribution in [3.63, 3.8) is 0 Å². The Kier molecular flexibility index (Phi) is 8.83. The van der Waals surface area contributed by atoms with Crippen LogP contribution in [0.3, 0.4) is 0 Å².